The van der Waals surface area contributed by atoms with E-state index in [1.54, 1.807) is 0 Å². The predicted octanol–water partition coefficient (Wildman–Crippen LogP) is 2.30. The van der Waals surface area contributed by atoms with Crippen LogP contribution in [0.4, 0.5) is 15.8 Å². The molecule has 1 rings (SSSR count). The molecule has 1 atom stereocenters. The Morgan fingerprint density at radius 1 is 1.62 bits per heavy atom. The average molecular weight is 247 g/mol. The van der Waals surface area contributed by atoms with Crippen molar-refractivity contribution in [1.29, 1.82) is 0 Å². The predicted molar refractivity (Wildman–Crippen MR) is 57.0 cm³/mol. The van der Waals surface area contributed by atoms with E-state index in [2.05, 4.69) is 5.32 Å². The van der Waals surface area contributed by atoms with E-state index in [0.717, 1.165) is 18.2 Å². The standard InChI is InChI=1S/C9H8ClFN2O3/c1-5(10)9(14)12-7-4-6(11)2-3-8(7)13(15)16/h2-5H,1H3,(H,12,14). The van der Waals surface area contributed by atoms with Gasteiger partial charge in [0.2, 0.25) is 5.91 Å². The Balaban J connectivity index is 3.06. The lowest BCUT2D eigenvalue weighted by atomic mass is 10.2. The van der Waals surface area contributed by atoms with Crippen molar-refractivity contribution in [3.63, 3.8) is 0 Å². The number of nitro benzene ring substituents is 1. The first-order valence-corrected chi connectivity index (χ1v) is 4.74. The van der Waals surface area contributed by atoms with Crippen molar-refractivity contribution in [2.24, 2.45) is 0 Å². The maximum absolute atomic E-state index is 12.9. The van der Waals surface area contributed by atoms with Crippen molar-refractivity contribution in [3.05, 3.63) is 34.1 Å². The van der Waals surface area contributed by atoms with E-state index in [0.29, 0.717) is 0 Å². The summed E-state index contributed by atoms with van der Waals surface area (Å²) < 4.78 is 12.9. The van der Waals surface area contributed by atoms with Gasteiger partial charge in [-0.2, -0.15) is 0 Å². The molecule has 1 aromatic rings. The van der Waals surface area contributed by atoms with Crippen LogP contribution < -0.4 is 5.32 Å². The number of nitrogens with one attached hydrogen (secondary N) is 1. The molecule has 0 spiro atoms. The zero-order valence-electron chi connectivity index (χ0n) is 8.24. The minimum atomic E-state index is -0.858. The van der Waals surface area contributed by atoms with Crippen LogP contribution in [-0.4, -0.2) is 16.2 Å². The number of amides is 1. The average Bonchev–Trinajstić information content (AvgIpc) is 2.16. The molecule has 1 amide bonds. The van der Waals surface area contributed by atoms with E-state index in [9.17, 15) is 19.3 Å². The van der Waals surface area contributed by atoms with Gasteiger partial charge in [0.15, 0.2) is 0 Å². The van der Waals surface area contributed by atoms with E-state index in [-0.39, 0.29) is 11.4 Å². The summed E-state index contributed by atoms with van der Waals surface area (Å²) in [5.74, 6) is -1.31. The van der Waals surface area contributed by atoms with Gasteiger partial charge in [-0.25, -0.2) is 4.39 Å². The Morgan fingerprint density at radius 2 is 2.25 bits per heavy atom. The van der Waals surface area contributed by atoms with E-state index in [4.69, 9.17) is 11.6 Å². The largest absolute Gasteiger partial charge is 0.319 e. The zero-order valence-corrected chi connectivity index (χ0v) is 8.99. The van der Waals surface area contributed by atoms with Crippen LogP contribution in [0.1, 0.15) is 6.92 Å². The van der Waals surface area contributed by atoms with E-state index >= 15 is 0 Å². The number of alkyl halides is 1. The molecule has 0 aliphatic rings. The fourth-order valence-corrected chi connectivity index (χ4v) is 1.05. The number of benzene rings is 1. The molecule has 7 heteroatoms. The van der Waals surface area contributed by atoms with Gasteiger partial charge in [-0.05, 0) is 13.0 Å². The van der Waals surface area contributed by atoms with Crippen LogP contribution in [0.15, 0.2) is 18.2 Å². The summed E-state index contributed by atoms with van der Waals surface area (Å²) in [5.41, 5.74) is -0.588. The lowest BCUT2D eigenvalue weighted by Gasteiger charge is -2.06. The highest BCUT2D eigenvalue weighted by Crippen LogP contribution is 2.25. The summed E-state index contributed by atoms with van der Waals surface area (Å²) in [7, 11) is 0. The van der Waals surface area contributed by atoms with Gasteiger partial charge in [-0.3, -0.25) is 14.9 Å². The number of nitro groups is 1. The van der Waals surface area contributed by atoms with Crippen molar-refractivity contribution < 1.29 is 14.1 Å². The number of carbonyl (C=O) groups excluding carboxylic acids is 1. The molecule has 0 aliphatic heterocycles. The minimum Gasteiger partial charge on any atom is -0.319 e. The molecule has 1 unspecified atom stereocenters. The normalized spacial score (nSPS) is 11.9. The molecule has 86 valence electrons. The van der Waals surface area contributed by atoms with Gasteiger partial charge in [0.25, 0.3) is 5.69 Å². The van der Waals surface area contributed by atoms with Gasteiger partial charge in [0, 0.05) is 12.1 Å². The molecule has 0 aromatic heterocycles. The first-order chi connectivity index (χ1) is 7.41. The molecule has 0 aliphatic carbocycles. The Kier molecular flexibility index (Phi) is 3.78. The van der Waals surface area contributed by atoms with Crippen LogP contribution >= 0.6 is 11.6 Å². The second kappa shape index (κ2) is 4.89. The molecule has 0 radical (unpaired) electrons. The maximum atomic E-state index is 12.9. The van der Waals surface area contributed by atoms with Gasteiger partial charge in [0.05, 0.1) is 4.92 Å². The number of hydrogen-bond donors (Lipinski definition) is 1. The molecule has 0 heterocycles. The molecule has 0 saturated heterocycles. The lowest BCUT2D eigenvalue weighted by Crippen LogP contribution is -2.21. The van der Waals surface area contributed by atoms with Crippen LogP contribution in [0.3, 0.4) is 0 Å². The van der Waals surface area contributed by atoms with Crippen molar-refractivity contribution in [2.45, 2.75) is 12.3 Å². The highest BCUT2D eigenvalue weighted by Gasteiger charge is 2.18. The number of rotatable bonds is 3. The summed E-state index contributed by atoms with van der Waals surface area (Å²) in [6.45, 7) is 1.40. The Bertz CT molecular complexity index is 437. The third-order valence-corrected chi connectivity index (χ3v) is 1.97. The van der Waals surface area contributed by atoms with Crippen molar-refractivity contribution >= 4 is 28.9 Å². The topological polar surface area (TPSA) is 72.2 Å². The molecule has 1 N–H and O–H groups in total. The molecule has 1 aromatic carbocycles. The molecule has 16 heavy (non-hydrogen) atoms. The van der Waals surface area contributed by atoms with Gasteiger partial charge in [-0.1, -0.05) is 0 Å². The first kappa shape index (κ1) is 12.4. The monoisotopic (exact) mass is 246 g/mol. The molecule has 0 bridgehead atoms. The van der Waals surface area contributed by atoms with Crippen LogP contribution in [0, 0.1) is 15.9 Å². The Labute approximate surface area is 95.4 Å². The molecule has 0 fully saturated rings. The van der Waals surface area contributed by atoms with Crippen molar-refractivity contribution in [3.8, 4) is 0 Å². The van der Waals surface area contributed by atoms with Gasteiger partial charge in [0.1, 0.15) is 16.9 Å². The summed E-state index contributed by atoms with van der Waals surface area (Å²) in [6, 6.07) is 2.79. The fourth-order valence-electron chi connectivity index (χ4n) is 1.000. The van der Waals surface area contributed by atoms with E-state index in [1.165, 1.54) is 6.92 Å². The van der Waals surface area contributed by atoms with E-state index in [1.807, 2.05) is 0 Å². The van der Waals surface area contributed by atoms with Gasteiger partial charge < -0.3 is 5.32 Å². The third kappa shape index (κ3) is 2.90. The highest BCUT2D eigenvalue weighted by atomic mass is 35.5. The van der Waals surface area contributed by atoms with Crippen molar-refractivity contribution in [1.82, 2.24) is 0 Å². The van der Waals surface area contributed by atoms with Crippen LogP contribution in [0.2, 0.25) is 0 Å². The van der Waals surface area contributed by atoms with Crippen LogP contribution in [-0.2, 0) is 4.79 Å². The molecule has 5 nitrogen and oxygen atoms in total. The zero-order chi connectivity index (χ0) is 12.3. The summed E-state index contributed by atoms with van der Waals surface area (Å²) in [6.07, 6.45) is 0. The third-order valence-electron chi connectivity index (χ3n) is 1.77. The Morgan fingerprint density at radius 3 is 2.75 bits per heavy atom. The quantitative estimate of drug-likeness (QED) is 0.505. The number of carbonyl (C=O) groups is 1. The Hall–Kier alpha value is -1.69. The highest BCUT2D eigenvalue weighted by molar-refractivity contribution is 6.32. The lowest BCUT2D eigenvalue weighted by molar-refractivity contribution is -0.384. The van der Waals surface area contributed by atoms with Crippen LogP contribution in [0.25, 0.3) is 0 Å². The maximum Gasteiger partial charge on any atom is 0.292 e. The SMILES string of the molecule is CC(Cl)C(=O)Nc1cc(F)ccc1[N+](=O)[O-]. The second-order valence-corrected chi connectivity index (χ2v) is 3.68. The van der Waals surface area contributed by atoms with Gasteiger partial charge in [-0.15, -0.1) is 11.6 Å². The van der Waals surface area contributed by atoms with Crippen LogP contribution in [0.5, 0.6) is 0 Å². The number of halogens is 2. The molecule has 0 saturated carbocycles. The minimum absolute atomic E-state index is 0.206. The number of anilines is 1. The first-order valence-electron chi connectivity index (χ1n) is 4.30. The smallest absolute Gasteiger partial charge is 0.292 e. The van der Waals surface area contributed by atoms with E-state index < -0.39 is 22.0 Å². The molecular formula is C9H8ClFN2O3. The number of nitrogens with zero attached hydrogens (tertiary/aromatic N) is 1. The van der Waals surface area contributed by atoms with Crippen molar-refractivity contribution in [2.75, 3.05) is 5.32 Å². The second-order valence-electron chi connectivity index (χ2n) is 3.02. The van der Waals surface area contributed by atoms with Gasteiger partial charge >= 0.3 is 0 Å². The number of hydrogen-bond acceptors (Lipinski definition) is 3. The molecular weight excluding hydrogens is 239 g/mol. The summed E-state index contributed by atoms with van der Waals surface area (Å²) in [4.78, 5) is 21.1. The summed E-state index contributed by atoms with van der Waals surface area (Å²) >= 11 is 5.47. The fraction of sp³-hybridized carbons (Fsp3) is 0.222. The summed E-state index contributed by atoms with van der Waals surface area (Å²) in [5, 5.41) is 11.9.